The molecule has 0 aliphatic heterocycles. The van der Waals surface area contributed by atoms with E-state index in [1.807, 2.05) is 0 Å². The summed E-state index contributed by atoms with van der Waals surface area (Å²) in [5.74, 6) is 0.662. The summed E-state index contributed by atoms with van der Waals surface area (Å²) in [5, 5.41) is 0. The van der Waals surface area contributed by atoms with Crippen molar-refractivity contribution in [2.75, 3.05) is 6.61 Å². The molecule has 0 radical (unpaired) electrons. The van der Waals surface area contributed by atoms with E-state index in [9.17, 15) is 4.79 Å². The minimum atomic E-state index is 0.0336. The molecule has 0 fully saturated rings. The van der Waals surface area contributed by atoms with Gasteiger partial charge in [-0.1, -0.05) is 143 Å². The molecule has 2 nitrogen and oxygen atoms in total. The van der Waals surface area contributed by atoms with Crippen molar-refractivity contribution in [2.24, 2.45) is 11.8 Å². The van der Waals surface area contributed by atoms with Crippen LogP contribution in [0, 0.1) is 11.8 Å². The van der Waals surface area contributed by atoms with Gasteiger partial charge in [0.2, 0.25) is 0 Å². The summed E-state index contributed by atoms with van der Waals surface area (Å²) in [6, 6.07) is 0. The maximum Gasteiger partial charge on any atom is 0.308 e. The Hall–Kier alpha value is -0.530. The molecule has 0 aromatic heterocycles. The molecule has 2 unspecified atom stereocenters. The fraction of sp³-hybridized carbons (Fsp3) is 0.966. The van der Waals surface area contributed by atoms with Gasteiger partial charge in [0.25, 0.3) is 0 Å². The average Bonchev–Trinajstić information content (AvgIpc) is 2.77. The van der Waals surface area contributed by atoms with Gasteiger partial charge in [0.15, 0.2) is 0 Å². The van der Waals surface area contributed by atoms with Crippen molar-refractivity contribution >= 4 is 5.97 Å². The lowest BCUT2D eigenvalue weighted by atomic mass is 9.97. The molecule has 0 saturated carbocycles. The number of carbonyl (C=O) groups excluding carboxylic acids is 1. The predicted octanol–water partition coefficient (Wildman–Crippen LogP) is 10.0. The van der Waals surface area contributed by atoms with Crippen LogP contribution in [0.4, 0.5) is 0 Å². The van der Waals surface area contributed by atoms with Crippen LogP contribution in [0.2, 0.25) is 0 Å². The zero-order valence-corrected chi connectivity index (χ0v) is 22.0. The topological polar surface area (TPSA) is 26.3 Å². The van der Waals surface area contributed by atoms with E-state index in [4.69, 9.17) is 4.74 Å². The SMILES string of the molecule is CCCCCCCCCCCCCCCCC(C)C(=O)OCC(CCC)CCCCC. The van der Waals surface area contributed by atoms with Gasteiger partial charge in [0.1, 0.15) is 0 Å². The van der Waals surface area contributed by atoms with E-state index in [2.05, 4.69) is 27.7 Å². The van der Waals surface area contributed by atoms with Gasteiger partial charge < -0.3 is 4.74 Å². The number of hydrogen-bond acceptors (Lipinski definition) is 2. The summed E-state index contributed by atoms with van der Waals surface area (Å²) >= 11 is 0. The molecule has 2 heteroatoms. The van der Waals surface area contributed by atoms with Gasteiger partial charge >= 0.3 is 5.97 Å². The zero-order chi connectivity index (χ0) is 23.0. The molecule has 0 saturated heterocycles. The van der Waals surface area contributed by atoms with Gasteiger partial charge in [0.05, 0.1) is 12.5 Å². The molecular formula is C29H58O2. The van der Waals surface area contributed by atoms with E-state index in [-0.39, 0.29) is 11.9 Å². The molecule has 0 aliphatic carbocycles. The molecular weight excluding hydrogens is 380 g/mol. The first-order chi connectivity index (χ1) is 15.2. The van der Waals surface area contributed by atoms with Gasteiger partial charge in [0, 0.05) is 0 Å². The Morgan fingerprint density at radius 1 is 0.548 bits per heavy atom. The van der Waals surface area contributed by atoms with Gasteiger partial charge in [-0.25, -0.2) is 0 Å². The zero-order valence-electron chi connectivity index (χ0n) is 22.0. The van der Waals surface area contributed by atoms with Crippen molar-refractivity contribution in [2.45, 2.75) is 163 Å². The molecule has 0 aromatic rings. The molecule has 0 amide bonds. The number of carbonyl (C=O) groups is 1. The molecule has 31 heavy (non-hydrogen) atoms. The van der Waals surface area contributed by atoms with E-state index in [0.29, 0.717) is 12.5 Å². The van der Waals surface area contributed by atoms with Crippen LogP contribution in [0.1, 0.15) is 163 Å². The van der Waals surface area contributed by atoms with Gasteiger partial charge in [-0.05, 0) is 25.2 Å². The monoisotopic (exact) mass is 438 g/mol. The van der Waals surface area contributed by atoms with Crippen molar-refractivity contribution < 1.29 is 9.53 Å². The molecule has 0 heterocycles. The predicted molar refractivity (Wildman–Crippen MR) is 138 cm³/mol. The lowest BCUT2D eigenvalue weighted by molar-refractivity contribution is -0.149. The fourth-order valence-corrected chi connectivity index (χ4v) is 4.51. The Labute approximate surface area is 196 Å². The first-order valence-corrected chi connectivity index (χ1v) is 14.3. The van der Waals surface area contributed by atoms with Crippen LogP contribution < -0.4 is 0 Å². The molecule has 0 bridgehead atoms. The summed E-state index contributed by atoms with van der Waals surface area (Å²) in [6.45, 7) is 9.45. The van der Waals surface area contributed by atoms with Gasteiger partial charge in [-0.15, -0.1) is 0 Å². The number of esters is 1. The second kappa shape index (κ2) is 24.1. The average molecular weight is 439 g/mol. The summed E-state index contributed by atoms with van der Waals surface area (Å²) in [5.41, 5.74) is 0. The Bertz CT molecular complexity index is 366. The van der Waals surface area contributed by atoms with Crippen molar-refractivity contribution in [1.82, 2.24) is 0 Å². The summed E-state index contributed by atoms with van der Waals surface area (Å²) < 4.78 is 5.68. The first-order valence-electron chi connectivity index (χ1n) is 14.3. The highest BCUT2D eigenvalue weighted by Gasteiger charge is 2.16. The molecule has 0 spiro atoms. The highest BCUT2D eigenvalue weighted by atomic mass is 16.5. The van der Waals surface area contributed by atoms with Gasteiger partial charge in [-0.3, -0.25) is 4.79 Å². The Morgan fingerprint density at radius 2 is 0.968 bits per heavy atom. The van der Waals surface area contributed by atoms with Crippen molar-refractivity contribution in [3.8, 4) is 0 Å². The van der Waals surface area contributed by atoms with E-state index >= 15 is 0 Å². The third-order valence-corrected chi connectivity index (χ3v) is 6.77. The third kappa shape index (κ3) is 21.1. The highest BCUT2D eigenvalue weighted by Crippen LogP contribution is 2.19. The van der Waals surface area contributed by atoms with Crippen molar-refractivity contribution in [1.29, 1.82) is 0 Å². The number of hydrogen-bond donors (Lipinski definition) is 0. The third-order valence-electron chi connectivity index (χ3n) is 6.77. The van der Waals surface area contributed by atoms with E-state index in [1.54, 1.807) is 0 Å². The second-order valence-corrected chi connectivity index (χ2v) is 10.1. The molecule has 186 valence electrons. The number of ether oxygens (including phenoxy) is 1. The van der Waals surface area contributed by atoms with Crippen LogP contribution in [0.5, 0.6) is 0 Å². The molecule has 2 atom stereocenters. The lowest BCUT2D eigenvalue weighted by Gasteiger charge is -2.18. The van der Waals surface area contributed by atoms with Crippen molar-refractivity contribution in [3.63, 3.8) is 0 Å². The Morgan fingerprint density at radius 3 is 1.45 bits per heavy atom. The molecule has 0 rings (SSSR count). The van der Waals surface area contributed by atoms with E-state index in [0.717, 1.165) is 6.42 Å². The van der Waals surface area contributed by atoms with Crippen LogP contribution in [0.25, 0.3) is 0 Å². The van der Waals surface area contributed by atoms with Crippen molar-refractivity contribution in [3.05, 3.63) is 0 Å². The summed E-state index contributed by atoms with van der Waals surface area (Å²) in [6.07, 6.45) is 27.7. The normalized spacial score (nSPS) is 13.3. The van der Waals surface area contributed by atoms with Crippen LogP contribution in [0.3, 0.4) is 0 Å². The number of rotatable bonds is 24. The van der Waals surface area contributed by atoms with Gasteiger partial charge in [-0.2, -0.15) is 0 Å². The molecule has 0 aromatic carbocycles. The fourth-order valence-electron chi connectivity index (χ4n) is 4.51. The Kier molecular flexibility index (Phi) is 23.7. The lowest BCUT2D eigenvalue weighted by Crippen LogP contribution is -2.19. The van der Waals surface area contributed by atoms with E-state index in [1.165, 1.54) is 128 Å². The summed E-state index contributed by atoms with van der Waals surface area (Å²) in [7, 11) is 0. The standard InChI is InChI=1S/C29H58O2/c1-5-8-10-11-12-13-14-15-16-17-18-19-20-22-24-27(4)29(30)31-26-28(23-7-3)25-21-9-6-2/h27-28H,5-26H2,1-4H3. The highest BCUT2D eigenvalue weighted by molar-refractivity contribution is 5.71. The van der Waals surface area contributed by atoms with Crippen LogP contribution in [0.15, 0.2) is 0 Å². The maximum atomic E-state index is 12.3. The largest absolute Gasteiger partial charge is 0.465 e. The number of unbranched alkanes of at least 4 members (excludes halogenated alkanes) is 15. The van der Waals surface area contributed by atoms with Crippen LogP contribution in [-0.2, 0) is 9.53 Å². The summed E-state index contributed by atoms with van der Waals surface area (Å²) in [4.78, 5) is 12.3. The molecule has 0 N–H and O–H groups in total. The minimum Gasteiger partial charge on any atom is -0.465 e. The van der Waals surface area contributed by atoms with Crippen LogP contribution in [-0.4, -0.2) is 12.6 Å². The second-order valence-electron chi connectivity index (χ2n) is 10.1. The quantitative estimate of drug-likeness (QED) is 0.111. The van der Waals surface area contributed by atoms with E-state index < -0.39 is 0 Å². The Balaban J connectivity index is 3.54. The molecule has 0 aliphatic rings. The minimum absolute atomic E-state index is 0.0336. The van der Waals surface area contributed by atoms with Crippen LogP contribution >= 0.6 is 0 Å². The smallest absolute Gasteiger partial charge is 0.308 e. The first kappa shape index (κ1) is 30.5. The maximum absolute atomic E-state index is 12.3.